The summed E-state index contributed by atoms with van der Waals surface area (Å²) in [6, 6.07) is 1.75. The van der Waals surface area contributed by atoms with Crippen LogP contribution in [0.3, 0.4) is 0 Å². The van der Waals surface area contributed by atoms with Crippen molar-refractivity contribution in [1.82, 2.24) is 4.37 Å². The molecule has 14 heavy (non-hydrogen) atoms. The first kappa shape index (κ1) is 10.0. The number of aromatic nitrogens is 1. The summed E-state index contributed by atoms with van der Waals surface area (Å²) in [5.41, 5.74) is 6.64. The van der Waals surface area contributed by atoms with E-state index in [0.717, 1.165) is 12.1 Å². The molecule has 78 valence electrons. The fourth-order valence-electron chi connectivity index (χ4n) is 1.75. The van der Waals surface area contributed by atoms with Crippen molar-refractivity contribution in [1.29, 1.82) is 0 Å². The molecule has 0 bridgehead atoms. The fourth-order valence-corrected chi connectivity index (χ4v) is 2.30. The summed E-state index contributed by atoms with van der Waals surface area (Å²) in [6.07, 6.45) is 0.836. The van der Waals surface area contributed by atoms with Crippen molar-refractivity contribution >= 4 is 11.5 Å². The highest BCUT2D eigenvalue weighted by molar-refractivity contribution is 7.03. The average Bonchev–Trinajstić information content (AvgIpc) is 2.89. The van der Waals surface area contributed by atoms with Crippen molar-refractivity contribution in [3.8, 4) is 0 Å². The summed E-state index contributed by atoms with van der Waals surface area (Å²) in [5, 5.41) is 1.92. The van der Waals surface area contributed by atoms with Crippen LogP contribution < -0.4 is 5.73 Å². The van der Waals surface area contributed by atoms with Crippen LogP contribution in [0, 0.1) is 0 Å². The van der Waals surface area contributed by atoms with E-state index in [2.05, 4.69) is 4.37 Å². The molecule has 1 aromatic heterocycles. The van der Waals surface area contributed by atoms with Crippen molar-refractivity contribution < 1.29 is 9.47 Å². The third-order valence-electron chi connectivity index (χ3n) is 2.77. The van der Waals surface area contributed by atoms with Crippen molar-refractivity contribution in [2.24, 2.45) is 5.73 Å². The highest BCUT2D eigenvalue weighted by Crippen LogP contribution is 2.33. The molecule has 4 nitrogen and oxygen atoms in total. The van der Waals surface area contributed by atoms with E-state index in [0.29, 0.717) is 13.2 Å². The Labute approximate surface area is 87.2 Å². The monoisotopic (exact) mass is 214 g/mol. The largest absolute Gasteiger partial charge is 0.378 e. The molecule has 1 saturated heterocycles. The summed E-state index contributed by atoms with van der Waals surface area (Å²) in [7, 11) is 1.68. The number of rotatable bonds is 3. The Balaban J connectivity index is 2.19. The molecule has 1 fully saturated rings. The molecule has 2 unspecified atom stereocenters. The van der Waals surface area contributed by atoms with E-state index in [9.17, 15) is 0 Å². The lowest BCUT2D eigenvalue weighted by atomic mass is 9.91. The summed E-state index contributed by atoms with van der Waals surface area (Å²) >= 11 is 1.41. The molecule has 0 amide bonds. The van der Waals surface area contributed by atoms with E-state index in [1.165, 1.54) is 11.5 Å². The van der Waals surface area contributed by atoms with Gasteiger partial charge < -0.3 is 15.2 Å². The van der Waals surface area contributed by atoms with Crippen LogP contribution in [0.1, 0.15) is 18.2 Å². The molecule has 1 aliphatic rings. The van der Waals surface area contributed by atoms with Gasteiger partial charge in [-0.2, -0.15) is 4.37 Å². The molecule has 0 saturated carbocycles. The maximum Gasteiger partial charge on any atom is 0.114 e. The number of hydrogen-bond donors (Lipinski definition) is 1. The van der Waals surface area contributed by atoms with Crippen LogP contribution in [-0.2, 0) is 9.47 Å². The molecule has 2 heterocycles. The first-order chi connectivity index (χ1) is 6.78. The second-order valence-corrected chi connectivity index (χ2v) is 4.14. The topological polar surface area (TPSA) is 57.4 Å². The van der Waals surface area contributed by atoms with Gasteiger partial charge in [-0.05, 0) is 17.6 Å². The van der Waals surface area contributed by atoms with Crippen molar-refractivity contribution in [3.05, 3.63) is 17.1 Å². The van der Waals surface area contributed by atoms with Gasteiger partial charge in [0.15, 0.2) is 0 Å². The summed E-state index contributed by atoms with van der Waals surface area (Å²) < 4.78 is 15.1. The van der Waals surface area contributed by atoms with Crippen LogP contribution in [0.4, 0.5) is 0 Å². The average molecular weight is 214 g/mol. The smallest absolute Gasteiger partial charge is 0.114 e. The third kappa shape index (κ3) is 1.56. The van der Waals surface area contributed by atoms with Crippen LogP contribution in [0.15, 0.2) is 11.4 Å². The van der Waals surface area contributed by atoms with Gasteiger partial charge in [0.25, 0.3) is 0 Å². The van der Waals surface area contributed by atoms with Gasteiger partial charge >= 0.3 is 0 Å². The van der Waals surface area contributed by atoms with Gasteiger partial charge in [0.05, 0.1) is 18.3 Å². The summed E-state index contributed by atoms with van der Waals surface area (Å²) in [4.78, 5) is 0. The van der Waals surface area contributed by atoms with Gasteiger partial charge in [-0.15, -0.1) is 0 Å². The van der Waals surface area contributed by atoms with Crippen LogP contribution in [0.5, 0.6) is 0 Å². The Morgan fingerprint density at radius 3 is 3.14 bits per heavy atom. The Bertz CT molecular complexity index is 283. The van der Waals surface area contributed by atoms with Crippen LogP contribution in [0.2, 0.25) is 0 Å². The number of hydrogen-bond acceptors (Lipinski definition) is 5. The Kier molecular flexibility index (Phi) is 2.83. The van der Waals surface area contributed by atoms with E-state index in [-0.39, 0.29) is 11.6 Å². The molecular weight excluding hydrogens is 200 g/mol. The van der Waals surface area contributed by atoms with Gasteiger partial charge in [0, 0.05) is 25.5 Å². The maximum atomic E-state index is 6.13. The van der Waals surface area contributed by atoms with Gasteiger partial charge in [-0.1, -0.05) is 0 Å². The van der Waals surface area contributed by atoms with Crippen LogP contribution in [0.25, 0.3) is 0 Å². The lowest BCUT2D eigenvalue weighted by Gasteiger charge is -2.31. The van der Waals surface area contributed by atoms with Gasteiger partial charge in [0.1, 0.15) is 5.60 Å². The summed E-state index contributed by atoms with van der Waals surface area (Å²) in [6.45, 7) is 1.27. The number of ether oxygens (including phenoxy) is 2. The Morgan fingerprint density at radius 2 is 2.64 bits per heavy atom. The zero-order valence-electron chi connectivity index (χ0n) is 8.10. The SMILES string of the molecule is COC1(C(N)c2ccsn2)CCOC1. The zero-order valence-corrected chi connectivity index (χ0v) is 8.92. The first-order valence-corrected chi connectivity index (χ1v) is 5.41. The number of nitrogens with zero attached hydrogens (tertiary/aromatic N) is 1. The van der Waals surface area contributed by atoms with E-state index >= 15 is 0 Å². The molecule has 1 aromatic rings. The lowest BCUT2D eigenvalue weighted by Crippen LogP contribution is -2.43. The standard InChI is InChI=1S/C9H14N2O2S/c1-12-9(3-4-13-6-9)8(10)7-2-5-14-11-7/h2,5,8H,3-4,6,10H2,1H3. The second kappa shape index (κ2) is 3.94. The molecule has 2 N–H and O–H groups in total. The Hall–Kier alpha value is -0.490. The van der Waals surface area contributed by atoms with Gasteiger partial charge in [-0.3, -0.25) is 0 Å². The molecule has 0 aliphatic carbocycles. The minimum absolute atomic E-state index is 0.193. The van der Waals surface area contributed by atoms with E-state index in [1.54, 1.807) is 7.11 Å². The minimum Gasteiger partial charge on any atom is -0.378 e. The lowest BCUT2D eigenvalue weighted by molar-refractivity contribution is -0.0376. The highest BCUT2D eigenvalue weighted by Gasteiger charge is 2.42. The van der Waals surface area contributed by atoms with Crippen molar-refractivity contribution in [2.45, 2.75) is 18.1 Å². The highest BCUT2D eigenvalue weighted by atomic mass is 32.1. The number of nitrogens with two attached hydrogens (primary N) is 1. The molecule has 2 atom stereocenters. The predicted octanol–water partition coefficient (Wildman–Crippen LogP) is 0.948. The minimum atomic E-state index is -0.381. The summed E-state index contributed by atoms with van der Waals surface area (Å²) in [5.74, 6) is 0. The van der Waals surface area contributed by atoms with E-state index in [1.807, 2.05) is 11.4 Å². The van der Waals surface area contributed by atoms with Gasteiger partial charge in [0.2, 0.25) is 0 Å². The van der Waals surface area contributed by atoms with E-state index in [4.69, 9.17) is 15.2 Å². The predicted molar refractivity (Wildman–Crippen MR) is 54.2 cm³/mol. The molecule has 0 aromatic carbocycles. The molecule has 1 aliphatic heterocycles. The van der Waals surface area contributed by atoms with E-state index < -0.39 is 0 Å². The molecule has 0 spiro atoms. The zero-order chi connectivity index (χ0) is 10.0. The van der Waals surface area contributed by atoms with Crippen LogP contribution in [-0.4, -0.2) is 30.3 Å². The first-order valence-electron chi connectivity index (χ1n) is 4.57. The number of methoxy groups -OCH3 is 1. The maximum absolute atomic E-state index is 6.13. The molecular formula is C9H14N2O2S. The van der Waals surface area contributed by atoms with Crippen molar-refractivity contribution in [3.63, 3.8) is 0 Å². The Morgan fingerprint density at radius 1 is 1.79 bits per heavy atom. The molecule has 5 heteroatoms. The van der Waals surface area contributed by atoms with Gasteiger partial charge in [-0.25, -0.2) is 0 Å². The molecule has 0 radical (unpaired) electrons. The third-order valence-corrected chi connectivity index (χ3v) is 3.34. The second-order valence-electron chi connectivity index (χ2n) is 3.47. The van der Waals surface area contributed by atoms with Crippen LogP contribution >= 0.6 is 11.5 Å². The fraction of sp³-hybridized carbons (Fsp3) is 0.667. The molecule has 2 rings (SSSR count). The normalized spacial score (nSPS) is 29.3. The van der Waals surface area contributed by atoms with Crippen molar-refractivity contribution in [2.75, 3.05) is 20.3 Å². The quantitative estimate of drug-likeness (QED) is 0.814.